The Balaban J connectivity index is 1.56. The number of rotatable bonds is 8. The number of ether oxygens (including phenoxy) is 2. The van der Waals surface area contributed by atoms with Gasteiger partial charge in [0, 0.05) is 22.9 Å². The van der Waals surface area contributed by atoms with Gasteiger partial charge >= 0.3 is 0 Å². The average molecular weight is 411 g/mol. The molecule has 2 N–H and O–H groups in total. The first-order valence-corrected chi connectivity index (χ1v) is 9.57. The standard InChI is InChI=1S/C23H23ClN2O3/c1-16-6-9-19(10-7-16)26-23(27)15-29-21-11-8-17(12-22(21)28-2)14-25-20-5-3-4-18(24)13-20/h3-13,25H,14-15H2,1-2H3,(H,26,27). The summed E-state index contributed by atoms with van der Waals surface area (Å²) in [5.74, 6) is 0.846. The lowest BCUT2D eigenvalue weighted by Crippen LogP contribution is -2.20. The van der Waals surface area contributed by atoms with Crippen LogP contribution in [0.2, 0.25) is 5.02 Å². The maximum Gasteiger partial charge on any atom is 0.262 e. The van der Waals surface area contributed by atoms with Crippen molar-refractivity contribution in [2.75, 3.05) is 24.4 Å². The number of amides is 1. The van der Waals surface area contributed by atoms with Crippen molar-refractivity contribution >= 4 is 28.9 Å². The van der Waals surface area contributed by atoms with Gasteiger partial charge in [-0.25, -0.2) is 0 Å². The molecule has 6 heteroatoms. The lowest BCUT2D eigenvalue weighted by molar-refractivity contribution is -0.118. The van der Waals surface area contributed by atoms with Crippen molar-refractivity contribution in [3.63, 3.8) is 0 Å². The molecule has 0 fully saturated rings. The predicted molar refractivity (Wildman–Crippen MR) is 117 cm³/mol. The minimum Gasteiger partial charge on any atom is -0.493 e. The van der Waals surface area contributed by atoms with Gasteiger partial charge < -0.3 is 20.1 Å². The first kappa shape index (κ1) is 20.6. The van der Waals surface area contributed by atoms with Crippen molar-refractivity contribution in [1.29, 1.82) is 0 Å². The largest absolute Gasteiger partial charge is 0.493 e. The number of aryl methyl sites for hydroxylation is 1. The van der Waals surface area contributed by atoms with Crippen LogP contribution < -0.4 is 20.1 Å². The highest BCUT2D eigenvalue weighted by Crippen LogP contribution is 2.28. The topological polar surface area (TPSA) is 59.6 Å². The molecule has 0 aliphatic carbocycles. The highest BCUT2D eigenvalue weighted by molar-refractivity contribution is 6.30. The summed E-state index contributed by atoms with van der Waals surface area (Å²) < 4.78 is 11.1. The van der Waals surface area contributed by atoms with Crippen LogP contribution in [0, 0.1) is 6.92 Å². The lowest BCUT2D eigenvalue weighted by atomic mass is 10.2. The Hall–Kier alpha value is -3.18. The first-order chi connectivity index (χ1) is 14.0. The molecule has 0 bridgehead atoms. The molecular formula is C23H23ClN2O3. The summed E-state index contributed by atoms with van der Waals surface area (Å²) in [5, 5.41) is 6.80. The van der Waals surface area contributed by atoms with Crippen LogP contribution in [0.15, 0.2) is 66.7 Å². The zero-order valence-corrected chi connectivity index (χ0v) is 17.1. The third-order valence-corrected chi connectivity index (χ3v) is 4.48. The summed E-state index contributed by atoms with van der Waals surface area (Å²) in [4.78, 5) is 12.1. The van der Waals surface area contributed by atoms with E-state index in [1.807, 2.05) is 67.6 Å². The maximum atomic E-state index is 12.1. The van der Waals surface area contributed by atoms with Crippen molar-refractivity contribution in [1.82, 2.24) is 0 Å². The van der Waals surface area contributed by atoms with Gasteiger partial charge in [-0.2, -0.15) is 0 Å². The molecule has 0 unspecified atom stereocenters. The molecule has 3 rings (SSSR count). The fraction of sp³-hybridized carbons (Fsp3) is 0.174. The zero-order valence-electron chi connectivity index (χ0n) is 16.4. The van der Waals surface area contributed by atoms with Gasteiger partial charge in [0.05, 0.1) is 7.11 Å². The number of benzene rings is 3. The van der Waals surface area contributed by atoms with E-state index in [-0.39, 0.29) is 12.5 Å². The summed E-state index contributed by atoms with van der Waals surface area (Å²) in [7, 11) is 1.57. The Morgan fingerprint density at radius 3 is 2.48 bits per heavy atom. The smallest absolute Gasteiger partial charge is 0.262 e. The molecule has 0 aliphatic rings. The van der Waals surface area contributed by atoms with Gasteiger partial charge in [0.1, 0.15) is 0 Å². The number of carbonyl (C=O) groups is 1. The molecule has 150 valence electrons. The molecule has 0 radical (unpaired) electrons. The van der Waals surface area contributed by atoms with Crippen LogP contribution in [0.5, 0.6) is 11.5 Å². The fourth-order valence-electron chi connectivity index (χ4n) is 2.72. The first-order valence-electron chi connectivity index (χ1n) is 9.19. The maximum absolute atomic E-state index is 12.1. The SMILES string of the molecule is COc1cc(CNc2cccc(Cl)c2)ccc1OCC(=O)Nc1ccc(C)cc1. The number of halogens is 1. The lowest BCUT2D eigenvalue weighted by Gasteiger charge is -2.13. The van der Waals surface area contributed by atoms with Gasteiger partial charge in [-0.15, -0.1) is 0 Å². The minimum atomic E-state index is -0.234. The molecule has 29 heavy (non-hydrogen) atoms. The average Bonchev–Trinajstić information content (AvgIpc) is 2.72. The molecule has 0 aliphatic heterocycles. The third-order valence-electron chi connectivity index (χ3n) is 4.24. The van der Waals surface area contributed by atoms with Crippen LogP contribution in [0.25, 0.3) is 0 Å². The fourth-order valence-corrected chi connectivity index (χ4v) is 2.91. The van der Waals surface area contributed by atoms with Crippen LogP contribution >= 0.6 is 11.6 Å². The summed E-state index contributed by atoms with van der Waals surface area (Å²) in [6.07, 6.45) is 0. The second kappa shape index (κ2) is 9.85. The molecule has 3 aromatic rings. The number of hydrogen-bond donors (Lipinski definition) is 2. The van der Waals surface area contributed by atoms with Gasteiger partial charge in [0.25, 0.3) is 5.91 Å². The molecule has 0 spiro atoms. The summed E-state index contributed by atoms with van der Waals surface area (Å²) in [6, 6.07) is 20.7. The van der Waals surface area contributed by atoms with Crippen LogP contribution in [0.3, 0.4) is 0 Å². The van der Waals surface area contributed by atoms with Crippen LogP contribution in [-0.4, -0.2) is 19.6 Å². The molecule has 0 heterocycles. The molecular weight excluding hydrogens is 388 g/mol. The molecule has 1 amide bonds. The van der Waals surface area contributed by atoms with Crippen LogP contribution in [0.1, 0.15) is 11.1 Å². The Labute approximate surface area is 175 Å². The van der Waals surface area contributed by atoms with E-state index in [1.54, 1.807) is 13.2 Å². The van der Waals surface area contributed by atoms with Gasteiger partial charge in [0.15, 0.2) is 18.1 Å². The van der Waals surface area contributed by atoms with Crippen molar-refractivity contribution < 1.29 is 14.3 Å². The zero-order chi connectivity index (χ0) is 20.6. The van der Waals surface area contributed by atoms with Crippen LogP contribution in [0.4, 0.5) is 11.4 Å². The van der Waals surface area contributed by atoms with Crippen LogP contribution in [-0.2, 0) is 11.3 Å². The van der Waals surface area contributed by atoms with E-state index in [0.29, 0.717) is 23.1 Å². The van der Waals surface area contributed by atoms with Crippen molar-refractivity contribution in [2.24, 2.45) is 0 Å². The Bertz CT molecular complexity index is 974. The Morgan fingerprint density at radius 2 is 1.76 bits per heavy atom. The number of methoxy groups -OCH3 is 1. The molecule has 5 nitrogen and oxygen atoms in total. The number of nitrogens with one attached hydrogen (secondary N) is 2. The van der Waals surface area contributed by atoms with E-state index in [4.69, 9.17) is 21.1 Å². The van der Waals surface area contributed by atoms with E-state index >= 15 is 0 Å². The molecule has 0 aromatic heterocycles. The van der Waals surface area contributed by atoms with E-state index in [9.17, 15) is 4.79 Å². The normalized spacial score (nSPS) is 10.3. The third kappa shape index (κ3) is 6.16. The van der Waals surface area contributed by atoms with Gasteiger partial charge in [-0.3, -0.25) is 4.79 Å². The quantitative estimate of drug-likeness (QED) is 0.530. The van der Waals surface area contributed by atoms with Gasteiger partial charge in [-0.05, 0) is 55.0 Å². The minimum absolute atomic E-state index is 0.107. The number of carbonyl (C=O) groups excluding carboxylic acids is 1. The van der Waals surface area contributed by atoms with E-state index < -0.39 is 0 Å². The van der Waals surface area contributed by atoms with E-state index in [1.165, 1.54) is 0 Å². The van der Waals surface area contributed by atoms with Gasteiger partial charge in [-0.1, -0.05) is 41.4 Å². The molecule has 0 saturated carbocycles. The highest BCUT2D eigenvalue weighted by Gasteiger charge is 2.09. The highest BCUT2D eigenvalue weighted by atomic mass is 35.5. The summed E-state index contributed by atoms with van der Waals surface area (Å²) in [5.41, 5.74) is 3.82. The van der Waals surface area contributed by atoms with Crippen molar-refractivity contribution in [2.45, 2.75) is 13.5 Å². The van der Waals surface area contributed by atoms with Gasteiger partial charge in [0.2, 0.25) is 0 Å². The Morgan fingerprint density at radius 1 is 0.966 bits per heavy atom. The van der Waals surface area contributed by atoms with Crippen molar-refractivity contribution in [3.8, 4) is 11.5 Å². The second-order valence-electron chi connectivity index (χ2n) is 6.55. The number of hydrogen-bond acceptors (Lipinski definition) is 4. The summed E-state index contributed by atoms with van der Waals surface area (Å²) in [6.45, 7) is 2.49. The van der Waals surface area contributed by atoms with E-state index in [0.717, 1.165) is 22.5 Å². The van der Waals surface area contributed by atoms with E-state index in [2.05, 4.69) is 10.6 Å². The Kier molecular flexibility index (Phi) is 6.98. The van der Waals surface area contributed by atoms with Crippen molar-refractivity contribution in [3.05, 3.63) is 82.9 Å². The summed E-state index contributed by atoms with van der Waals surface area (Å²) >= 11 is 6.00. The number of anilines is 2. The molecule has 0 saturated heterocycles. The molecule has 3 aromatic carbocycles. The monoisotopic (exact) mass is 410 g/mol. The molecule has 0 atom stereocenters. The predicted octanol–water partition coefficient (Wildman–Crippen LogP) is 5.29. The second-order valence-corrected chi connectivity index (χ2v) is 6.99.